The summed E-state index contributed by atoms with van der Waals surface area (Å²) < 4.78 is 6.33. The van der Waals surface area contributed by atoms with Gasteiger partial charge in [0.05, 0.1) is 11.6 Å². The first-order valence-electron chi connectivity index (χ1n) is 7.30. The van der Waals surface area contributed by atoms with Gasteiger partial charge in [-0.1, -0.05) is 30.3 Å². The fourth-order valence-electron chi connectivity index (χ4n) is 3.40. The highest BCUT2D eigenvalue weighted by molar-refractivity contribution is 9.10. The van der Waals surface area contributed by atoms with Crippen LogP contribution < -0.4 is 10.1 Å². The third kappa shape index (κ3) is 2.85. The van der Waals surface area contributed by atoms with Gasteiger partial charge in [0.25, 0.3) is 0 Å². The van der Waals surface area contributed by atoms with E-state index < -0.39 is 0 Å². The Kier molecular flexibility index (Phi) is 4.32. The molecule has 2 unspecified atom stereocenters. The molecule has 1 aliphatic carbocycles. The lowest BCUT2D eigenvalue weighted by atomic mass is 9.93. The van der Waals surface area contributed by atoms with Gasteiger partial charge in [-0.25, -0.2) is 0 Å². The van der Waals surface area contributed by atoms with Gasteiger partial charge in [-0.05, 0) is 70.6 Å². The topological polar surface area (TPSA) is 21.3 Å². The Labute approximate surface area is 134 Å². The summed E-state index contributed by atoms with van der Waals surface area (Å²) in [5.74, 6) is 1.49. The van der Waals surface area contributed by atoms with Gasteiger partial charge in [0.15, 0.2) is 0 Å². The van der Waals surface area contributed by atoms with Crippen LogP contribution in [0.5, 0.6) is 5.75 Å². The molecule has 3 rings (SSSR count). The van der Waals surface area contributed by atoms with E-state index in [9.17, 15) is 0 Å². The predicted octanol–water partition coefficient (Wildman–Crippen LogP) is 4.13. The molecule has 21 heavy (non-hydrogen) atoms. The molecule has 1 N–H and O–H groups in total. The average Bonchev–Trinajstić information content (AvgIpc) is 2.84. The summed E-state index contributed by atoms with van der Waals surface area (Å²) >= 11 is 3.58. The van der Waals surface area contributed by atoms with Crippen molar-refractivity contribution in [3.8, 4) is 5.75 Å². The minimum Gasteiger partial charge on any atom is -0.496 e. The van der Waals surface area contributed by atoms with Crippen molar-refractivity contribution < 1.29 is 4.74 Å². The molecule has 2 aromatic carbocycles. The second-order valence-electron chi connectivity index (χ2n) is 5.60. The molecule has 0 heterocycles. The quantitative estimate of drug-likeness (QED) is 0.899. The molecule has 2 nitrogen and oxygen atoms in total. The Bertz CT molecular complexity index is 641. The number of halogens is 1. The zero-order valence-electron chi connectivity index (χ0n) is 12.4. The van der Waals surface area contributed by atoms with Gasteiger partial charge >= 0.3 is 0 Å². The van der Waals surface area contributed by atoms with Crippen LogP contribution in [0.2, 0.25) is 0 Å². The highest BCUT2D eigenvalue weighted by Crippen LogP contribution is 2.38. The highest BCUT2D eigenvalue weighted by Gasteiger charge is 2.30. The molecule has 2 aromatic rings. The van der Waals surface area contributed by atoms with E-state index >= 15 is 0 Å². The average molecular weight is 346 g/mol. The Hall–Kier alpha value is -1.32. The first-order valence-corrected chi connectivity index (χ1v) is 8.09. The van der Waals surface area contributed by atoms with Crippen LogP contribution in [0.4, 0.5) is 0 Å². The molecule has 0 bridgehead atoms. The Morgan fingerprint density at radius 3 is 2.76 bits per heavy atom. The number of ether oxygens (including phenoxy) is 1. The van der Waals surface area contributed by atoms with Crippen LogP contribution in [0.1, 0.15) is 22.7 Å². The normalized spacial score (nSPS) is 20.3. The molecule has 1 aliphatic rings. The smallest absolute Gasteiger partial charge is 0.133 e. The molecular formula is C18H20BrNO. The van der Waals surface area contributed by atoms with Crippen LogP contribution in [0, 0.1) is 5.92 Å². The zero-order chi connectivity index (χ0) is 14.8. The fraction of sp³-hybridized carbons (Fsp3) is 0.333. The molecule has 0 fully saturated rings. The van der Waals surface area contributed by atoms with Crippen molar-refractivity contribution in [2.24, 2.45) is 5.92 Å². The summed E-state index contributed by atoms with van der Waals surface area (Å²) in [6.45, 7) is 0. The Morgan fingerprint density at radius 1 is 1.24 bits per heavy atom. The van der Waals surface area contributed by atoms with Crippen LogP contribution >= 0.6 is 15.9 Å². The number of nitrogens with one attached hydrogen (secondary N) is 1. The molecule has 2 atom stereocenters. The van der Waals surface area contributed by atoms with Crippen molar-refractivity contribution in [2.75, 3.05) is 14.2 Å². The van der Waals surface area contributed by atoms with E-state index in [2.05, 4.69) is 64.7 Å². The minimum atomic E-state index is 0.446. The zero-order valence-corrected chi connectivity index (χ0v) is 14.0. The summed E-state index contributed by atoms with van der Waals surface area (Å²) in [5, 5.41) is 3.49. The molecule has 0 radical (unpaired) electrons. The number of hydrogen-bond donors (Lipinski definition) is 1. The number of rotatable bonds is 4. The van der Waals surface area contributed by atoms with Crippen molar-refractivity contribution in [3.05, 3.63) is 63.6 Å². The maximum atomic E-state index is 5.30. The van der Waals surface area contributed by atoms with Gasteiger partial charge in [0.2, 0.25) is 0 Å². The third-order valence-corrected chi connectivity index (χ3v) is 4.99. The van der Waals surface area contributed by atoms with Crippen LogP contribution in [0.25, 0.3) is 0 Å². The summed E-state index contributed by atoms with van der Waals surface area (Å²) in [4.78, 5) is 0. The second kappa shape index (κ2) is 6.20. The van der Waals surface area contributed by atoms with E-state index in [1.54, 1.807) is 7.11 Å². The van der Waals surface area contributed by atoms with Crippen LogP contribution in [0.3, 0.4) is 0 Å². The van der Waals surface area contributed by atoms with Gasteiger partial charge in [-0.2, -0.15) is 0 Å². The largest absolute Gasteiger partial charge is 0.496 e. The molecular weight excluding hydrogens is 326 g/mol. The molecule has 110 valence electrons. The first kappa shape index (κ1) is 14.6. The van der Waals surface area contributed by atoms with Crippen LogP contribution in [0.15, 0.2) is 46.9 Å². The van der Waals surface area contributed by atoms with Gasteiger partial charge in [-0.15, -0.1) is 0 Å². The maximum Gasteiger partial charge on any atom is 0.133 e. The van der Waals surface area contributed by atoms with Gasteiger partial charge in [-0.3, -0.25) is 0 Å². The highest BCUT2D eigenvalue weighted by atomic mass is 79.9. The number of fused-ring (bicyclic) bond motifs is 1. The second-order valence-corrected chi connectivity index (χ2v) is 6.46. The number of benzene rings is 2. The third-order valence-electron chi connectivity index (χ3n) is 4.37. The first-order chi connectivity index (χ1) is 10.2. The van der Waals surface area contributed by atoms with Crippen LogP contribution in [-0.2, 0) is 12.8 Å². The van der Waals surface area contributed by atoms with Crippen molar-refractivity contribution in [1.82, 2.24) is 5.32 Å². The van der Waals surface area contributed by atoms with E-state index in [0.717, 1.165) is 23.1 Å². The standard InChI is InChI=1S/C18H20BrNO/c1-20-18-14(11-13-5-3-4-6-15(13)18)9-12-7-8-17(21-2)16(19)10-12/h3-8,10,14,18,20H,9,11H2,1-2H3. The summed E-state index contributed by atoms with van der Waals surface area (Å²) in [7, 11) is 3.76. The molecule has 0 spiro atoms. The Morgan fingerprint density at radius 2 is 2.05 bits per heavy atom. The van der Waals surface area contributed by atoms with Gasteiger partial charge in [0, 0.05) is 6.04 Å². The molecule has 0 aliphatic heterocycles. The minimum absolute atomic E-state index is 0.446. The lowest BCUT2D eigenvalue weighted by Gasteiger charge is -2.20. The summed E-state index contributed by atoms with van der Waals surface area (Å²) in [6, 6.07) is 15.6. The molecule has 0 amide bonds. The SMILES string of the molecule is CNC1c2ccccc2CC1Cc1ccc(OC)c(Br)c1. The lowest BCUT2D eigenvalue weighted by molar-refractivity contribution is 0.405. The van der Waals surface area contributed by atoms with Gasteiger partial charge in [0.1, 0.15) is 5.75 Å². The monoisotopic (exact) mass is 345 g/mol. The fourth-order valence-corrected chi connectivity index (χ4v) is 3.99. The Balaban J connectivity index is 1.81. The van der Waals surface area contributed by atoms with E-state index in [-0.39, 0.29) is 0 Å². The predicted molar refractivity (Wildman–Crippen MR) is 89.8 cm³/mol. The summed E-state index contributed by atoms with van der Waals surface area (Å²) in [5.41, 5.74) is 4.28. The molecule has 3 heteroatoms. The molecule has 0 saturated heterocycles. The van der Waals surface area contributed by atoms with E-state index in [1.807, 2.05) is 6.07 Å². The van der Waals surface area contributed by atoms with Gasteiger partial charge < -0.3 is 10.1 Å². The number of methoxy groups -OCH3 is 1. The van der Waals surface area contributed by atoms with E-state index in [1.165, 1.54) is 16.7 Å². The van der Waals surface area contributed by atoms with Crippen molar-refractivity contribution in [2.45, 2.75) is 18.9 Å². The van der Waals surface area contributed by atoms with E-state index in [4.69, 9.17) is 4.74 Å². The molecule has 0 saturated carbocycles. The number of hydrogen-bond acceptors (Lipinski definition) is 2. The van der Waals surface area contributed by atoms with E-state index in [0.29, 0.717) is 12.0 Å². The van der Waals surface area contributed by atoms with Crippen LogP contribution in [-0.4, -0.2) is 14.2 Å². The van der Waals surface area contributed by atoms with Crippen molar-refractivity contribution in [1.29, 1.82) is 0 Å². The van der Waals surface area contributed by atoms with Crippen molar-refractivity contribution in [3.63, 3.8) is 0 Å². The van der Waals surface area contributed by atoms with Crippen molar-refractivity contribution >= 4 is 15.9 Å². The lowest BCUT2D eigenvalue weighted by Crippen LogP contribution is -2.23. The summed E-state index contributed by atoms with van der Waals surface area (Å²) in [6.07, 6.45) is 2.22. The molecule has 0 aromatic heterocycles. The maximum absolute atomic E-state index is 5.30.